The van der Waals surface area contributed by atoms with Crippen LogP contribution in [0.15, 0.2) is 17.9 Å². The van der Waals surface area contributed by atoms with Crippen LogP contribution in [0.1, 0.15) is 41.5 Å². The van der Waals surface area contributed by atoms with Gasteiger partial charge in [-0.15, -0.1) is 0 Å². The number of hydrogen-bond acceptors (Lipinski definition) is 2. The highest BCUT2D eigenvalue weighted by Crippen LogP contribution is 2.38. The number of piperidine rings is 1. The van der Waals surface area contributed by atoms with Gasteiger partial charge in [0.2, 0.25) is 0 Å². The highest BCUT2D eigenvalue weighted by molar-refractivity contribution is 6.23. The number of nitrogens with zero attached hydrogens (tertiary/aromatic N) is 1. The van der Waals surface area contributed by atoms with Gasteiger partial charge in [0.1, 0.15) is 5.76 Å². The molecule has 1 N–H and O–H groups in total. The predicted octanol–water partition coefficient (Wildman–Crippen LogP) is 3.28. The standard InChI is InChI=1S/C17H21NO2/c1-10-8-11(2)14(12(3)9-10)15-16(19)13-6-4-5-7-18(13)17(15)20/h8-9,13,19H,4-7H2,1-3H3. The number of aliphatic hydroxyl groups excluding tert-OH is 1. The van der Waals surface area contributed by atoms with Crippen LogP contribution in [-0.4, -0.2) is 28.5 Å². The lowest BCUT2D eigenvalue weighted by atomic mass is 9.92. The minimum absolute atomic E-state index is 0.00209. The number of rotatable bonds is 1. The van der Waals surface area contributed by atoms with Crippen LogP contribution in [0.5, 0.6) is 0 Å². The van der Waals surface area contributed by atoms with Crippen molar-refractivity contribution in [2.24, 2.45) is 0 Å². The molecule has 0 radical (unpaired) electrons. The van der Waals surface area contributed by atoms with Crippen molar-refractivity contribution >= 4 is 11.5 Å². The van der Waals surface area contributed by atoms with E-state index in [0.717, 1.165) is 42.5 Å². The number of carbonyl (C=O) groups excluding carboxylic acids is 1. The molecule has 1 aromatic rings. The Morgan fingerprint density at radius 3 is 2.40 bits per heavy atom. The first-order chi connectivity index (χ1) is 9.50. The maximum atomic E-state index is 12.6. The minimum Gasteiger partial charge on any atom is -0.509 e. The Hall–Kier alpha value is -1.77. The number of fused-ring (bicyclic) bond motifs is 1. The highest BCUT2D eigenvalue weighted by atomic mass is 16.3. The first-order valence-electron chi connectivity index (χ1n) is 7.33. The molecular weight excluding hydrogens is 250 g/mol. The quantitative estimate of drug-likeness (QED) is 0.851. The average molecular weight is 271 g/mol. The van der Waals surface area contributed by atoms with Crippen LogP contribution in [-0.2, 0) is 4.79 Å². The fraction of sp³-hybridized carbons (Fsp3) is 0.471. The number of amides is 1. The van der Waals surface area contributed by atoms with Crippen molar-refractivity contribution in [1.82, 2.24) is 4.90 Å². The molecule has 0 aromatic heterocycles. The Morgan fingerprint density at radius 2 is 1.80 bits per heavy atom. The molecule has 1 amide bonds. The number of aryl methyl sites for hydroxylation is 3. The van der Waals surface area contributed by atoms with Gasteiger partial charge in [0.05, 0.1) is 11.6 Å². The molecule has 1 atom stereocenters. The summed E-state index contributed by atoms with van der Waals surface area (Å²) in [5.41, 5.74) is 4.78. The molecule has 0 bridgehead atoms. The molecule has 1 aromatic carbocycles. The van der Waals surface area contributed by atoms with Crippen molar-refractivity contribution in [3.8, 4) is 0 Å². The molecule has 3 nitrogen and oxygen atoms in total. The van der Waals surface area contributed by atoms with Crippen LogP contribution in [0, 0.1) is 20.8 Å². The Kier molecular flexibility index (Phi) is 3.08. The van der Waals surface area contributed by atoms with E-state index in [4.69, 9.17) is 0 Å². The Bertz CT molecular complexity index is 592. The molecule has 20 heavy (non-hydrogen) atoms. The second kappa shape index (κ2) is 4.65. The summed E-state index contributed by atoms with van der Waals surface area (Å²) in [4.78, 5) is 14.5. The number of hydrogen-bond donors (Lipinski definition) is 1. The summed E-state index contributed by atoms with van der Waals surface area (Å²) in [6, 6.07) is 4.06. The molecule has 3 rings (SSSR count). The number of benzene rings is 1. The second-order valence-corrected chi connectivity index (χ2v) is 6.04. The van der Waals surface area contributed by atoms with Crippen LogP contribution in [0.3, 0.4) is 0 Å². The van der Waals surface area contributed by atoms with E-state index in [2.05, 4.69) is 19.1 Å². The van der Waals surface area contributed by atoms with Gasteiger partial charge in [-0.05, 0) is 56.7 Å². The molecule has 1 fully saturated rings. The molecule has 2 heterocycles. The lowest BCUT2D eigenvalue weighted by molar-refractivity contribution is -0.126. The molecule has 0 aliphatic carbocycles. The van der Waals surface area contributed by atoms with Crippen molar-refractivity contribution in [3.63, 3.8) is 0 Å². The Morgan fingerprint density at radius 1 is 1.15 bits per heavy atom. The smallest absolute Gasteiger partial charge is 0.258 e. The number of aliphatic hydroxyl groups is 1. The first kappa shape index (κ1) is 13.2. The topological polar surface area (TPSA) is 40.5 Å². The SMILES string of the molecule is Cc1cc(C)c(C2=C(O)C3CCCCN3C2=O)c(C)c1. The molecular formula is C17H21NO2. The monoisotopic (exact) mass is 271 g/mol. The first-order valence-corrected chi connectivity index (χ1v) is 7.33. The summed E-state index contributed by atoms with van der Waals surface area (Å²) in [7, 11) is 0. The van der Waals surface area contributed by atoms with Crippen molar-refractivity contribution in [1.29, 1.82) is 0 Å². The summed E-state index contributed by atoms with van der Waals surface area (Å²) in [6.45, 7) is 6.85. The van der Waals surface area contributed by atoms with E-state index in [9.17, 15) is 9.90 Å². The zero-order chi connectivity index (χ0) is 14.4. The molecule has 1 saturated heterocycles. The number of carbonyl (C=O) groups is 1. The van der Waals surface area contributed by atoms with E-state index < -0.39 is 0 Å². The maximum absolute atomic E-state index is 12.6. The van der Waals surface area contributed by atoms with E-state index in [1.54, 1.807) is 0 Å². The maximum Gasteiger partial charge on any atom is 0.258 e. The van der Waals surface area contributed by atoms with Crippen molar-refractivity contribution in [2.45, 2.75) is 46.1 Å². The molecule has 0 spiro atoms. The van der Waals surface area contributed by atoms with E-state index >= 15 is 0 Å². The lowest BCUT2D eigenvalue weighted by Gasteiger charge is -2.29. The van der Waals surface area contributed by atoms with Crippen LogP contribution >= 0.6 is 0 Å². The van der Waals surface area contributed by atoms with E-state index in [1.165, 1.54) is 5.56 Å². The fourth-order valence-electron chi connectivity index (χ4n) is 3.69. The van der Waals surface area contributed by atoms with Gasteiger partial charge in [0.25, 0.3) is 5.91 Å². The normalized spacial score (nSPS) is 22.4. The zero-order valence-corrected chi connectivity index (χ0v) is 12.4. The summed E-state index contributed by atoms with van der Waals surface area (Å²) < 4.78 is 0. The van der Waals surface area contributed by atoms with Crippen LogP contribution in [0.4, 0.5) is 0 Å². The van der Waals surface area contributed by atoms with Crippen LogP contribution < -0.4 is 0 Å². The van der Waals surface area contributed by atoms with Gasteiger partial charge in [-0.25, -0.2) is 0 Å². The van der Waals surface area contributed by atoms with Gasteiger partial charge < -0.3 is 10.0 Å². The summed E-state index contributed by atoms with van der Waals surface area (Å²) in [5, 5.41) is 10.5. The molecule has 2 aliphatic rings. The van der Waals surface area contributed by atoms with Gasteiger partial charge in [-0.1, -0.05) is 17.7 Å². The molecule has 3 heteroatoms. The largest absolute Gasteiger partial charge is 0.509 e. The van der Waals surface area contributed by atoms with Crippen LogP contribution in [0.2, 0.25) is 0 Å². The lowest BCUT2D eigenvalue weighted by Crippen LogP contribution is -2.39. The molecule has 106 valence electrons. The molecule has 1 unspecified atom stereocenters. The van der Waals surface area contributed by atoms with Gasteiger partial charge in [0, 0.05) is 6.54 Å². The Balaban J connectivity index is 2.14. The average Bonchev–Trinajstić information content (AvgIpc) is 2.64. The predicted molar refractivity (Wildman–Crippen MR) is 79.6 cm³/mol. The van der Waals surface area contributed by atoms with E-state index in [1.807, 2.05) is 18.7 Å². The Labute approximate surface area is 119 Å². The van der Waals surface area contributed by atoms with Crippen molar-refractivity contribution < 1.29 is 9.90 Å². The zero-order valence-electron chi connectivity index (χ0n) is 12.4. The van der Waals surface area contributed by atoms with Gasteiger partial charge >= 0.3 is 0 Å². The molecule has 2 aliphatic heterocycles. The van der Waals surface area contributed by atoms with Crippen LogP contribution in [0.25, 0.3) is 5.57 Å². The summed E-state index contributed by atoms with van der Waals surface area (Å²) >= 11 is 0. The second-order valence-electron chi connectivity index (χ2n) is 6.04. The third kappa shape index (κ3) is 1.84. The minimum atomic E-state index is -0.0913. The van der Waals surface area contributed by atoms with E-state index in [-0.39, 0.29) is 17.7 Å². The fourth-order valence-corrected chi connectivity index (χ4v) is 3.69. The third-order valence-electron chi connectivity index (χ3n) is 4.48. The third-order valence-corrected chi connectivity index (χ3v) is 4.48. The summed E-state index contributed by atoms with van der Waals surface area (Å²) in [5.74, 6) is 0.284. The van der Waals surface area contributed by atoms with Gasteiger partial charge in [0.15, 0.2) is 0 Å². The molecule has 0 saturated carbocycles. The van der Waals surface area contributed by atoms with Crippen molar-refractivity contribution in [2.75, 3.05) is 6.54 Å². The van der Waals surface area contributed by atoms with Gasteiger partial charge in [-0.3, -0.25) is 4.79 Å². The highest BCUT2D eigenvalue weighted by Gasteiger charge is 2.41. The van der Waals surface area contributed by atoms with Gasteiger partial charge in [-0.2, -0.15) is 0 Å². The summed E-state index contributed by atoms with van der Waals surface area (Å²) in [6.07, 6.45) is 3.00. The van der Waals surface area contributed by atoms with E-state index in [0.29, 0.717) is 5.57 Å². The van der Waals surface area contributed by atoms with Crippen molar-refractivity contribution in [3.05, 3.63) is 40.1 Å².